The van der Waals surface area contributed by atoms with Gasteiger partial charge in [-0.15, -0.1) is 0 Å². The second-order valence-electron chi connectivity index (χ2n) is 3.86. The molecule has 0 bridgehead atoms. The molecule has 1 rings (SSSR count). The molecule has 0 spiro atoms. The molecule has 19 heavy (non-hydrogen) atoms. The van der Waals surface area contributed by atoms with E-state index in [1.807, 2.05) is 13.8 Å². The first-order valence-electron chi connectivity index (χ1n) is 5.97. The summed E-state index contributed by atoms with van der Waals surface area (Å²) in [5.74, 6) is 0.318. The van der Waals surface area contributed by atoms with Crippen molar-refractivity contribution in [1.82, 2.24) is 0 Å². The maximum atomic E-state index is 12.6. The number of hydrogen-bond donors (Lipinski definition) is 0. The lowest BCUT2D eigenvalue weighted by molar-refractivity contribution is 0.296. The fraction of sp³-hybridized carbons (Fsp3) is 0.500. The van der Waals surface area contributed by atoms with Crippen LogP contribution in [0.25, 0.3) is 0 Å². The molecule has 2 unspecified atom stereocenters. The summed E-state index contributed by atoms with van der Waals surface area (Å²) in [4.78, 5) is 0. The van der Waals surface area contributed by atoms with Gasteiger partial charge in [0.2, 0.25) is 0 Å². The zero-order valence-corrected chi connectivity index (χ0v) is 14.3. The van der Waals surface area contributed by atoms with E-state index < -0.39 is 6.80 Å². The number of rotatable bonds is 7. The van der Waals surface area contributed by atoms with E-state index in [0.717, 1.165) is 6.42 Å². The van der Waals surface area contributed by atoms with Gasteiger partial charge in [0.1, 0.15) is 5.75 Å². The maximum Gasteiger partial charge on any atom is 0.440 e. The van der Waals surface area contributed by atoms with E-state index in [-0.39, 0.29) is 5.25 Å². The van der Waals surface area contributed by atoms with E-state index >= 15 is 0 Å². The van der Waals surface area contributed by atoms with Gasteiger partial charge in [-0.25, -0.2) is 4.57 Å². The molecule has 2 atom stereocenters. The maximum absolute atomic E-state index is 12.6. The Labute approximate surface area is 128 Å². The van der Waals surface area contributed by atoms with Crippen LogP contribution >= 0.6 is 41.4 Å². The van der Waals surface area contributed by atoms with E-state index in [2.05, 4.69) is 0 Å². The lowest BCUT2D eigenvalue weighted by atomic mass is 10.3. The van der Waals surface area contributed by atoms with E-state index in [1.165, 1.54) is 11.4 Å². The molecule has 3 nitrogen and oxygen atoms in total. The predicted molar refractivity (Wildman–Crippen MR) is 83.7 cm³/mol. The Morgan fingerprint density at radius 1 is 1.37 bits per heavy atom. The third-order valence-electron chi connectivity index (χ3n) is 2.28. The van der Waals surface area contributed by atoms with Crippen LogP contribution in [-0.2, 0) is 9.09 Å². The molecule has 0 amide bonds. The third-order valence-corrected chi connectivity index (χ3v) is 7.15. The fourth-order valence-corrected chi connectivity index (χ4v) is 5.80. The van der Waals surface area contributed by atoms with Crippen LogP contribution in [0.3, 0.4) is 0 Å². The molecular formula is C12H17Cl2O3PS. The standard InChI is InChI=1S/C12H17Cl2O3PS/c1-4-9(3)19-18(15,16-5-2)17-12-7-6-10(13)8-11(12)14/h6-9H,4-5H2,1-3H3. The number of benzene rings is 1. The Morgan fingerprint density at radius 2 is 2.05 bits per heavy atom. The monoisotopic (exact) mass is 342 g/mol. The van der Waals surface area contributed by atoms with Gasteiger partial charge < -0.3 is 4.52 Å². The zero-order valence-electron chi connectivity index (χ0n) is 11.1. The van der Waals surface area contributed by atoms with E-state index in [9.17, 15) is 4.57 Å². The minimum Gasteiger partial charge on any atom is -0.415 e. The smallest absolute Gasteiger partial charge is 0.415 e. The first-order valence-corrected chi connectivity index (χ1v) is 9.76. The molecule has 0 aliphatic heterocycles. The zero-order chi connectivity index (χ0) is 14.5. The lowest BCUT2D eigenvalue weighted by Crippen LogP contribution is -2.01. The van der Waals surface area contributed by atoms with Gasteiger partial charge in [-0.1, -0.05) is 37.0 Å². The summed E-state index contributed by atoms with van der Waals surface area (Å²) in [5.41, 5.74) is 0. The van der Waals surface area contributed by atoms with Gasteiger partial charge in [0.15, 0.2) is 0 Å². The second-order valence-corrected chi connectivity index (χ2v) is 9.02. The van der Waals surface area contributed by atoms with Crippen LogP contribution in [0.2, 0.25) is 10.0 Å². The van der Waals surface area contributed by atoms with Gasteiger partial charge in [-0.3, -0.25) is 4.52 Å². The molecule has 1 aromatic rings. The molecule has 0 heterocycles. The van der Waals surface area contributed by atoms with Crippen LogP contribution in [-0.4, -0.2) is 11.9 Å². The summed E-state index contributed by atoms with van der Waals surface area (Å²) in [7, 11) is 0. The van der Waals surface area contributed by atoms with Crippen LogP contribution in [0.1, 0.15) is 27.2 Å². The van der Waals surface area contributed by atoms with E-state index in [1.54, 1.807) is 25.1 Å². The fourth-order valence-electron chi connectivity index (χ4n) is 1.20. The van der Waals surface area contributed by atoms with Crippen molar-refractivity contribution >= 4 is 41.4 Å². The van der Waals surface area contributed by atoms with Gasteiger partial charge in [0, 0.05) is 10.3 Å². The highest BCUT2D eigenvalue weighted by Gasteiger charge is 2.30. The molecule has 0 aliphatic rings. The Hall–Kier alpha value is 0.140. The number of hydrogen-bond acceptors (Lipinski definition) is 4. The average Bonchev–Trinajstić information content (AvgIpc) is 2.33. The largest absolute Gasteiger partial charge is 0.440 e. The van der Waals surface area contributed by atoms with Crippen molar-refractivity contribution in [3.05, 3.63) is 28.2 Å². The molecular weight excluding hydrogens is 326 g/mol. The predicted octanol–water partition coefficient (Wildman–Crippen LogP) is 6.05. The first-order chi connectivity index (χ1) is 8.90. The van der Waals surface area contributed by atoms with Crippen molar-refractivity contribution < 1.29 is 13.6 Å². The Bertz CT molecular complexity index is 470. The van der Waals surface area contributed by atoms with E-state index in [4.69, 9.17) is 32.2 Å². The van der Waals surface area contributed by atoms with Crippen LogP contribution in [0.5, 0.6) is 5.75 Å². The lowest BCUT2D eigenvalue weighted by Gasteiger charge is -2.20. The van der Waals surface area contributed by atoms with Gasteiger partial charge in [0.05, 0.1) is 11.6 Å². The third kappa shape index (κ3) is 5.57. The molecule has 0 saturated heterocycles. The summed E-state index contributed by atoms with van der Waals surface area (Å²) in [5, 5.41) is 0.985. The molecule has 0 saturated carbocycles. The molecule has 0 aromatic heterocycles. The van der Waals surface area contributed by atoms with Crippen molar-refractivity contribution in [2.24, 2.45) is 0 Å². The molecule has 0 radical (unpaired) electrons. The SMILES string of the molecule is CCOP(=O)(Oc1ccc(Cl)cc1Cl)SC(C)CC. The average molecular weight is 343 g/mol. The van der Waals surface area contributed by atoms with Crippen molar-refractivity contribution in [3.63, 3.8) is 0 Å². The summed E-state index contributed by atoms with van der Waals surface area (Å²) in [6.45, 7) is 2.81. The molecule has 1 aromatic carbocycles. The van der Waals surface area contributed by atoms with Crippen molar-refractivity contribution in [2.45, 2.75) is 32.4 Å². The quantitative estimate of drug-likeness (QED) is 0.565. The van der Waals surface area contributed by atoms with Crippen LogP contribution in [0, 0.1) is 0 Å². The molecule has 0 N–H and O–H groups in total. The minimum atomic E-state index is -3.27. The molecule has 0 fully saturated rings. The van der Waals surface area contributed by atoms with Gasteiger partial charge in [0.25, 0.3) is 0 Å². The molecule has 7 heteroatoms. The second kappa shape index (κ2) is 7.80. The topological polar surface area (TPSA) is 35.5 Å². The van der Waals surface area contributed by atoms with Crippen LogP contribution in [0.4, 0.5) is 0 Å². The van der Waals surface area contributed by atoms with Gasteiger partial charge in [-0.2, -0.15) is 0 Å². The minimum absolute atomic E-state index is 0.170. The van der Waals surface area contributed by atoms with Gasteiger partial charge in [-0.05, 0) is 42.9 Å². The van der Waals surface area contributed by atoms with Crippen molar-refractivity contribution in [3.8, 4) is 5.75 Å². The highest BCUT2D eigenvalue weighted by Crippen LogP contribution is 2.62. The summed E-state index contributed by atoms with van der Waals surface area (Å²) in [6, 6.07) is 4.77. The summed E-state index contributed by atoms with van der Waals surface area (Å²) < 4.78 is 23.4. The van der Waals surface area contributed by atoms with Gasteiger partial charge >= 0.3 is 6.80 Å². The number of halogens is 2. The van der Waals surface area contributed by atoms with Crippen molar-refractivity contribution in [2.75, 3.05) is 6.61 Å². The summed E-state index contributed by atoms with van der Waals surface area (Å²) >= 11 is 13.0. The normalized spacial score (nSPS) is 15.8. The first kappa shape index (κ1) is 17.2. The molecule has 0 aliphatic carbocycles. The Balaban J connectivity index is 2.91. The Kier molecular flexibility index (Phi) is 7.06. The highest BCUT2D eigenvalue weighted by molar-refractivity contribution is 8.55. The van der Waals surface area contributed by atoms with E-state index in [0.29, 0.717) is 22.4 Å². The molecule has 108 valence electrons. The highest BCUT2D eigenvalue weighted by atomic mass is 35.5. The van der Waals surface area contributed by atoms with Crippen molar-refractivity contribution in [1.29, 1.82) is 0 Å². The summed E-state index contributed by atoms with van der Waals surface area (Å²) in [6.07, 6.45) is 0.874. The van der Waals surface area contributed by atoms with Crippen LogP contribution < -0.4 is 4.52 Å². The Morgan fingerprint density at radius 3 is 2.58 bits per heavy atom. The van der Waals surface area contributed by atoms with Crippen LogP contribution in [0.15, 0.2) is 18.2 Å².